The second-order valence-electron chi connectivity index (χ2n) is 10.1. The van der Waals surface area contributed by atoms with Crippen molar-refractivity contribution in [2.45, 2.75) is 94.0 Å². The highest BCUT2D eigenvalue weighted by Gasteiger charge is 2.41. The van der Waals surface area contributed by atoms with Crippen LogP contribution >= 0.6 is 0 Å². The molecule has 24 heavy (non-hydrogen) atoms. The first-order chi connectivity index (χ1) is 11.1. The van der Waals surface area contributed by atoms with Crippen molar-refractivity contribution in [3.05, 3.63) is 0 Å². The first kappa shape index (κ1) is 22.0. The van der Waals surface area contributed by atoms with Crippen LogP contribution in [-0.2, 0) is 0 Å². The smallest absolute Gasteiger partial charge is 0.00933 e. The molecule has 0 aromatic carbocycles. The largest absolute Gasteiger partial charge is 0.327 e. The summed E-state index contributed by atoms with van der Waals surface area (Å²) >= 11 is 0. The highest BCUT2D eigenvalue weighted by molar-refractivity contribution is 4.93. The maximum absolute atomic E-state index is 6.58. The second-order valence-corrected chi connectivity index (χ2v) is 10.1. The van der Waals surface area contributed by atoms with Crippen LogP contribution in [0.5, 0.6) is 0 Å². The standard InChI is InChI=1S/C23H47N/c1-10-22(15(4)5)19(9)17(7)18(8)20-12-21(13-20)23(24)16(6)11-14(2)3/h14-23H,10-13,24H2,1-9H3. The highest BCUT2D eigenvalue weighted by atomic mass is 14.7. The van der Waals surface area contributed by atoms with Crippen molar-refractivity contribution in [2.75, 3.05) is 0 Å². The number of hydrogen-bond acceptors (Lipinski definition) is 1. The van der Waals surface area contributed by atoms with Crippen LogP contribution in [0, 0.1) is 53.3 Å². The summed E-state index contributed by atoms with van der Waals surface area (Å²) in [5.41, 5.74) is 6.58. The highest BCUT2D eigenvalue weighted by Crippen LogP contribution is 2.47. The molecule has 0 saturated heterocycles. The Hall–Kier alpha value is -0.0400. The van der Waals surface area contributed by atoms with E-state index in [1.807, 2.05) is 0 Å². The minimum atomic E-state index is 0.419. The van der Waals surface area contributed by atoms with Crippen LogP contribution in [0.15, 0.2) is 0 Å². The lowest BCUT2D eigenvalue weighted by Gasteiger charge is -2.47. The van der Waals surface area contributed by atoms with Crippen molar-refractivity contribution in [3.63, 3.8) is 0 Å². The van der Waals surface area contributed by atoms with E-state index in [1.165, 1.54) is 25.7 Å². The van der Waals surface area contributed by atoms with E-state index in [-0.39, 0.29) is 0 Å². The van der Waals surface area contributed by atoms with E-state index in [1.54, 1.807) is 0 Å². The van der Waals surface area contributed by atoms with Gasteiger partial charge in [0.1, 0.15) is 0 Å². The number of rotatable bonds is 10. The SMILES string of the molecule is CCC(C(C)C)C(C)C(C)C(C)C1CC(C(N)C(C)CC(C)C)C1. The van der Waals surface area contributed by atoms with Crippen molar-refractivity contribution in [1.82, 2.24) is 0 Å². The Morgan fingerprint density at radius 2 is 1.38 bits per heavy atom. The van der Waals surface area contributed by atoms with E-state index in [0.29, 0.717) is 12.0 Å². The molecule has 0 bridgehead atoms. The maximum atomic E-state index is 6.58. The zero-order chi connectivity index (χ0) is 18.6. The molecule has 0 radical (unpaired) electrons. The molecule has 1 nitrogen and oxygen atoms in total. The van der Waals surface area contributed by atoms with E-state index in [0.717, 1.165) is 47.3 Å². The maximum Gasteiger partial charge on any atom is 0.00933 e. The molecule has 2 N–H and O–H groups in total. The summed E-state index contributed by atoms with van der Waals surface area (Å²) in [4.78, 5) is 0. The van der Waals surface area contributed by atoms with Crippen LogP contribution in [0.4, 0.5) is 0 Å². The van der Waals surface area contributed by atoms with Crippen molar-refractivity contribution < 1.29 is 0 Å². The van der Waals surface area contributed by atoms with Crippen molar-refractivity contribution >= 4 is 0 Å². The Labute approximate surface area is 153 Å². The van der Waals surface area contributed by atoms with Crippen molar-refractivity contribution in [1.29, 1.82) is 0 Å². The summed E-state index contributed by atoms with van der Waals surface area (Å²) in [6.45, 7) is 21.7. The summed E-state index contributed by atoms with van der Waals surface area (Å²) < 4.78 is 0. The van der Waals surface area contributed by atoms with Gasteiger partial charge in [-0.15, -0.1) is 0 Å². The average molecular weight is 338 g/mol. The fourth-order valence-corrected chi connectivity index (χ4v) is 5.57. The van der Waals surface area contributed by atoms with Gasteiger partial charge in [0.15, 0.2) is 0 Å². The molecular weight excluding hydrogens is 290 g/mol. The first-order valence-electron chi connectivity index (χ1n) is 10.9. The minimum absolute atomic E-state index is 0.419. The molecule has 1 aliphatic carbocycles. The number of nitrogens with two attached hydrogens (primary N) is 1. The molecular formula is C23H47N. The summed E-state index contributed by atoms with van der Waals surface area (Å²) in [5, 5.41) is 0. The molecule has 0 aromatic heterocycles. The van der Waals surface area contributed by atoms with Gasteiger partial charge in [-0.05, 0) is 72.5 Å². The van der Waals surface area contributed by atoms with Gasteiger partial charge in [0, 0.05) is 6.04 Å². The summed E-state index contributed by atoms with van der Waals surface area (Å²) in [6.07, 6.45) is 5.35. The molecule has 0 aliphatic heterocycles. The van der Waals surface area contributed by atoms with Gasteiger partial charge in [-0.2, -0.15) is 0 Å². The third-order valence-corrected chi connectivity index (χ3v) is 7.66. The molecule has 1 fully saturated rings. The summed E-state index contributed by atoms with van der Waals surface area (Å²) in [5.74, 6) is 7.31. The molecule has 0 heterocycles. The first-order valence-corrected chi connectivity index (χ1v) is 10.9. The fraction of sp³-hybridized carbons (Fsp3) is 1.00. The zero-order valence-electron chi connectivity index (χ0n) is 18.2. The molecule has 1 aliphatic rings. The lowest BCUT2D eigenvalue weighted by molar-refractivity contribution is 0.0387. The Kier molecular flexibility index (Phi) is 8.80. The molecule has 1 rings (SSSR count). The van der Waals surface area contributed by atoms with Gasteiger partial charge < -0.3 is 5.73 Å². The Morgan fingerprint density at radius 1 is 0.833 bits per heavy atom. The molecule has 1 saturated carbocycles. The lowest BCUT2D eigenvalue weighted by atomic mass is 9.59. The van der Waals surface area contributed by atoms with Crippen LogP contribution < -0.4 is 5.73 Å². The molecule has 0 aromatic rings. The molecule has 6 atom stereocenters. The fourth-order valence-electron chi connectivity index (χ4n) is 5.57. The van der Waals surface area contributed by atoms with E-state index >= 15 is 0 Å². The lowest BCUT2D eigenvalue weighted by Crippen LogP contribution is -2.46. The van der Waals surface area contributed by atoms with Gasteiger partial charge in [0.2, 0.25) is 0 Å². The number of hydrogen-bond donors (Lipinski definition) is 1. The third-order valence-electron chi connectivity index (χ3n) is 7.66. The van der Waals surface area contributed by atoms with Gasteiger partial charge in [0.05, 0.1) is 0 Å². The monoisotopic (exact) mass is 337 g/mol. The Morgan fingerprint density at radius 3 is 1.79 bits per heavy atom. The summed E-state index contributed by atoms with van der Waals surface area (Å²) in [7, 11) is 0. The zero-order valence-corrected chi connectivity index (χ0v) is 18.2. The predicted molar refractivity (Wildman–Crippen MR) is 109 cm³/mol. The third kappa shape index (κ3) is 5.48. The predicted octanol–water partition coefficient (Wildman–Crippen LogP) is 6.61. The molecule has 0 spiro atoms. The Balaban J connectivity index is 2.50. The van der Waals surface area contributed by atoms with Gasteiger partial charge in [-0.3, -0.25) is 0 Å². The quantitative estimate of drug-likeness (QED) is 0.476. The van der Waals surface area contributed by atoms with Crippen molar-refractivity contribution in [3.8, 4) is 0 Å². The van der Waals surface area contributed by atoms with Crippen LogP contribution in [-0.4, -0.2) is 6.04 Å². The normalized spacial score (nSPS) is 29.0. The van der Waals surface area contributed by atoms with Gasteiger partial charge in [0.25, 0.3) is 0 Å². The average Bonchev–Trinajstić information content (AvgIpc) is 2.43. The molecule has 144 valence electrons. The van der Waals surface area contributed by atoms with Gasteiger partial charge in [-0.1, -0.05) is 68.7 Å². The van der Waals surface area contributed by atoms with E-state index < -0.39 is 0 Å². The van der Waals surface area contributed by atoms with E-state index in [2.05, 4.69) is 62.3 Å². The van der Waals surface area contributed by atoms with E-state index in [4.69, 9.17) is 5.73 Å². The van der Waals surface area contributed by atoms with Crippen LogP contribution in [0.1, 0.15) is 88.0 Å². The van der Waals surface area contributed by atoms with Crippen LogP contribution in [0.25, 0.3) is 0 Å². The molecule has 1 heteroatoms. The molecule has 6 unspecified atom stereocenters. The van der Waals surface area contributed by atoms with Crippen LogP contribution in [0.3, 0.4) is 0 Å². The van der Waals surface area contributed by atoms with Gasteiger partial charge in [-0.25, -0.2) is 0 Å². The summed E-state index contributed by atoms with van der Waals surface area (Å²) in [6, 6.07) is 0.419. The van der Waals surface area contributed by atoms with E-state index in [9.17, 15) is 0 Å². The molecule has 0 amide bonds. The van der Waals surface area contributed by atoms with Gasteiger partial charge >= 0.3 is 0 Å². The van der Waals surface area contributed by atoms with Crippen LogP contribution in [0.2, 0.25) is 0 Å². The van der Waals surface area contributed by atoms with Crippen molar-refractivity contribution in [2.24, 2.45) is 59.0 Å². The Bertz CT molecular complexity index is 342. The second kappa shape index (κ2) is 9.60. The minimum Gasteiger partial charge on any atom is -0.327 e. The topological polar surface area (TPSA) is 26.0 Å².